The molecule has 172 valence electrons. The summed E-state index contributed by atoms with van der Waals surface area (Å²) in [5.74, 6) is 0. The van der Waals surface area contributed by atoms with Crippen molar-refractivity contribution < 1.29 is 18.5 Å². The summed E-state index contributed by atoms with van der Waals surface area (Å²) in [6.45, 7) is 22.0. The highest BCUT2D eigenvalue weighted by atomic mass is 28.4. The second-order valence-electron chi connectivity index (χ2n) is 11.2. The molecule has 3 rings (SSSR count). The van der Waals surface area contributed by atoms with Crippen LogP contribution in [0.5, 0.6) is 0 Å². The van der Waals surface area contributed by atoms with E-state index in [1.54, 1.807) is 0 Å². The molecule has 0 bridgehead atoms. The third kappa shape index (κ3) is 4.87. The molecular weight excluding hydrogens is 407 g/mol. The largest absolute Gasteiger partial charge is 0.494 e. The third-order valence-electron chi connectivity index (χ3n) is 7.46. The van der Waals surface area contributed by atoms with Crippen LogP contribution in [0.3, 0.4) is 0 Å². The van der Waals surface area contributed by atoms with E-state index in [2.05, 4.69) is 33.9 Å². The summed E-state index contributed by atoms with van der Waals surface area (Å²) in [6, 6.07) is 7.99. The van der Waals surface area contributed by atoms with Gasteiger partial charge in [-0.25, -0.2) is 4.79 Å². The average Bonchev–Trinajstić information content (AvgIpc) is 3.10. The maximum Gasteiger partial charge on any atom is 0.494 e. The van der Waals surface area contributed by atoms with E-state index in [-0.39, 0.29) is 22.3 Å². The SMILES string of the molecule is CC1(C)OB(c2ccc(N3CCN(CCO[Si](C)(C)C(C)(C)C)C3=O)cc2)OC1(C)C. The fraction of sp³-hybridized carbons (Fsp3) is 0.696. The van der Waals surface area contributed by atoms with Crippen LogP contribution in [0.25, 0.3) is 0 Å². The smallest absolute Gasteiger partial charge is 0.415 e. The number of amides is 2. The Kier molecular flexibility index (Phi) is 6.44. The van der Waals surface area contributed by atoms with Gasteiger partial charge in [0.15, 0.2) is 8.32 Å². The van der Waals surface area contributed by atoms with E-state index >= 15 is 0 Å². The molecule has 0 spiro atoms. The van der Waals surface area contributed by atoms with Gasteiger partial charge in [-0.1, -0.05) is 32.9 Å². The van der Waals surface area contributed by atoms with Crippen LogP contribution in [-0.2, 0) is 13.7 Å². The number of urea groups is 1. The summed E-state index contributed by atoms with van der Waals surface area (Å²) < 4.78 is 18.5. The molecule has 0 radical (unpaired) electrons. The zero-order valence-electron chi connectivity index (χ0n) is 20.7. The number of benzene rings is 1. The van der Waals surface area contributed by atoms with Crippen molar-refractivity contribution in [1.82, 2.24) is 4.90 Å². The molecule has 0 aromatic heterocycles. The summed E-state index contributed by atoms with van der Waals surface area (Å²) in [7, 11) is -2.19. The van der Waals surface area contributed by atoms with Crippen molar-refractivity contribution in [2.24, 2.45) is 0 Å². The molecule has 0 atom stereocenters. The van der Waals surface area contributed by atoms with Gasteiger partial charge in [-0.3, -0.25) is 4.90 Å². The first-order valence-corrected chi connectivity index (χ1v) is 14.2. The zero-order valence-corrected chi connectivity index (χ0v) is 21.7. The van der Waals surface area contributed by atoms with Crippen molar-refractivity contribution >= 4 is 32.6 Å². The van der Waals surface area contributed by atoms with E-state index in [1.165, 1.54) is 0 Å². The number of carbonyl (C=O) groups excluding carboxylic acids is 1. The summed E-state index contributed by atoms with van der Waals surface area (Å²) in [5, 5.41) is 0.174. The van der Waals surface area contributed by atoms with E-state index in [9.17, 15) is 4.79 Å². The van der Waals surface area contributed by atoms with Crippen molar-refractivity contribution in [2.75, 3.05) is 31.1 Å². The van der Waals surface area contributed by atoms with Gasteiger partial charge in [0.25, 0.3) is 0 Å². The number of hydrogen-bond acceptors (Lipinski definition) is 4. The van der Waals surface area contributed by atoms with Crippen LogP contribution in [0.4, 0.5) is 10.5 Å². The molecule has 2 aliphatic heterocycles. The Bertz CT molecular complexity index is 789. The van der Waals surface area contributed by atoms with Crippen molar-refractivity contribution in [3.05, 3.63) is 24.3 Å². The minimum absolute atomic E-state index is 0.0437. The zero-order chi connectivity index (χ0) is 23.2. The predicted octanol–water partition coefficient (Wildman–Crippen LogP) is 4.25. The molecule has 1 aromatic carbocycles. The molecule has 2 aliphatic rings. The molecule has 0 saturated carbocycles. The van der Waals surface area contributed by atoms with E-state index in [0.29, 0.717) is 19.7 Å². The first-order chi connectivity index (χ1) is 14.1. The second-order valence-corrected chi connectivity index (χ2v) is 16.0. The molecule has 2 heterocycles. The van der Waals surface area contributed by atoms with Gasteiger partial charge in [0.05, 0.1) is 17.8 Å². The Morgan fingerprint density at radius 1 is 1.03 bits per heavy atom. The van der Waals surface area contributed by atoms with Gasteiger partial charge in [-0.05, 0) is 63.4 Å². The van der Waals surface area contributed by atoms with Crippen LogP contribution in [0.1, 0.15) is 48.5 Å². The fourth-order valence-electron chi connectivity index (χ4n) is 3.45. The van der Waals surface area contributed by atoms with Gasteiger partial charge >= 0.3 is 13.1 Å². The molecule has 0 aliphatic carbocycles. The highest BCUT2D eigenvalue weighted by Gasteiger charge is 2.51. The van der Waals surface area contributed by atoms with E-state index in [4.69, 9.17) is 13.7 Å². The van der Waals surface area contributed by atoms with Crippen molar-refractivity contribution in [1.29, 1.82) is 0 Å². The Morgan fingerprint density at radius 3 is 2.10 bits per heavy atom. The first kappa shape index (κ1) is 24.3. The Hall–Kier alpha value is -1.35. The van der Waals surface area contributed by atoms with Crippen LogP contribution >= 0.6 is 0 Å². The van der Waals surface area contributed by atoms with Crippen LogP contribution in [0.15, 0.2) is 24.3 Å². The molecule has 6 nitrogen and oxygen atoms in total. The molecule has 0 N–H and O–H groups in total. The molecule has 2 saturated heterocycles. The molecule has 2 amide bonds. The summed E-state index contributed by atoms with van der Waals surface area (Å²) in [5.41, 5.74) is 1.13. The van der Waals surface area contributed by atoms with Crippen LogP contribution in [0.2, 0.25) is 18.1 Å². The van der Waals surface area contributed by atoms with Crippen molar-refractivity contribution in [3.8, 4) is 0 Å². The van der Waals surface area contributed by atoms with Gasteiger partial charge in [-0.15, -0.1) is 0 Å². The van der Waals surface area contributed by atoms with Crippen LogP contribution < -0.4 is 10.4 Å². The number of anilines is 1. The normalized spacial score (nSPS) is 21.3. The number of nitrogens with zero attached hydrogens (tertiary/aromatic N) is 2. The Morgan fingerprint density at radius 2 is 1.58 bits per heavy atom. The van der Waals surface area contributed by atoms with Crippen molar-refractivity contribution in [3.63, 3.8) is 0 Å². The minimum atomic E-state index is -1.80. The molecule has 31 heavy (non-hydrogen) atoms. The molecule has 2 fully saturated rings. The molecule has 1 aromatic rings. The predicted molar refractivity (Wildman–Crippen MR) is 130 cm³/mol. The number of rotatable bonds is 6. The van der Waals surface area contributed by atoms with E-state index in [0.717, 1.165) is 17.7 Å². The minimum Gasteiger partial charge on any atom is -0.415 e. The highest BCUT2D eigenvalue weighted by molar-refractivity contribution is 6.74. The van der Waals surface area contributed by atoms with Crippen LogP contribution in [-0.4, -0.2) is 63.8 Å². The van der Waals surface area contributed by atoms with Gasteiger partial charge < -0.3 is 18.6 Å². The highest BCUT2D eigenvalue weighted by Crippen LogP contribution is 2.37. The molecule has 8 heteroatoms. The molecular formula is C23H39BN2O4Si. The van der Waals surface area contributed by atoms with E-state index in [1.807, 2.05) is 61.8 Å². The lowest BCUT2D eigenvalue weighted by Crippen LogP contribution is -2.43. The number of hydrogen-bond donors (Lipinski definition) is 0. The van der Waals surface area contributed by atoms with Crippen molar-refractivity contribution in [2.45, 2.75) is 77.8 Å². The Balaban J connectivity index is 1.58. The van der Waals surface area contributed by atoms with Gasteiger partial charge in [0.1, 0.15) is 0 Å². The Labute approximate surface area is 189 Å². The summed E-state index contributed by atoms with van der Waals surface area (Å²) in [6.07, 6.45) is 0. The topological polar surface area (TPSA) is 51.2 Å². The van der Waals surface area contributed by atoms with Gasteiger partial charge in [0.2, 0.25) is 0 Å². The lowest BCUT2D eigenvalue weighted by Gasteiger charge is -2.36. The lowest BCUT2D eigenvalue weighted by atomic mass is 9.79. The monoisotopic (exact) mass is 446 g/mol. The van der Waals surface area contributed by atoms with E-state index < -0.39 is 15.4 Å². The van der Waals surface area contributed by atoms with Gasteiger partial charge in [0, 0.05) is 25.3 Å². The summed E-state index contributed by atoms with van der Waals surface area (Å²) in [4.78, 5) is 16.6. The second kappa shape index (κ2) is 8.21. The maximum atomic E-state index is 12.9. The maximum absolute atomic E-state index is 12.9. The third-order valence-corrected chi connectivity index (χ3v) is 12.0. The average molecular weight is 446 g/mol. The summed E-state index contributed by atoms with van der Waals surface area (Å²) >= 11 is 0. The first-order valence-electron chi connectivity index (χ1n) is 11.3. The fourth-order valence-corrected chi connectivity index (χ4v) is 4.48. The van der Waals surface area contributed by atoms with Crippen LogP contribution in [0, 0.1) is 0 Å². The quantitative estimate of drug-likeness (QED) is 0.613. The lowest BCUT2D eigenvalue weighted by molar-refractivity contribution is 0.00578. The standard InChI is InChI=1S/C23H39BN2O4Si/c1-21(2,3)31(8,9)28-17-16-25-14-15-26(20(25)27)19-12-10-18(11-13-19)24-29-22(4,5)23(6,7)30-24/h10-13H,14-17H2,1-9H3. The molecule has 0 unspecified atom stereocenters. The number of carbonyl (C=O) groups is 1. The van der Waals surface area contributed by atoms with Gasteiger partial charge in [-0.2, -0.15) is 0 Å².